The standard InChI is InChI=1S/C25H22N2O4S/c1-2-15-26-32(29,30)21-13-8-12-20(16-21)25(28)27-24(18-9-4-3-5-10-18)23-17-19-11-6-7-14-22(19)31-23/h2-14,16-17,24,26H,1,15H2,(H,27,28). The lowest BCUT2D eigenvalue weighted by molar-refractivity contribution is 0.0939. The van der Waals surface area contributed by atoms with Gasteiger partial charge in [-0.15, -0.1) is 6.58 Å². The van der Waals surface area contributed by atoms with Crippen molar-refractivity contribution in [3.63, 3.8) is 0 Å². The van der Waals surface area contributed by atoms with Crippen LogP contribution in [0.3, 0.4) is 0 Å². The van der Waals surface area contributed by atoms with Gasteiger partial charge in [-0.05, 0) is 35.9 Å². The number of furan rings is 1. The first-order valence-corrected chi connectivity index (χ1v) is 11.5. The molecular weight excluding hydrogens is 424 g/mol. The Balaban J connectivity index is 1.67. The molecule has 0 aliphatic heterocycles. The summed E-state index contributed by atoms with van der Waals surface area (Å²) in [6.45, 7) is 3.61. The third-order valence-corrected chi connectivity index (χ3v) is 6.38. The molecule has 1 unspecified atom stereocenters. The zero-order chi connectivity index (χ0) is 22.6. The van der Waals surface area contributed by atoms with Crippen LogP contribution in [0.5, 0.6) is 0 Å². The highest BCUT2D eigenvalue weighted by molar-refractivity contribution is 7.89. The number of hydrogen-bond donors (Lipinski definition) is 2. The second-order valence-corrected chi connectivity index (χ2v) is 8.94. The van der Waals surface area contributed by atoms with E-state index >= 15 is 0 Å². The first kappa shape index (κ1) is 21.5. The summed E-state index contributed by atoms with van der Waals surface area (Å²) in [6, 6.07) is 24.3. The fraction of sp³-hybridized carbons (Fsp3) is 0.0800. The summed E-state index contributed by atoms with van der Waals surface area (Å²) >= 11 is 0. The van der Waals surface area contributed by atoms with E-state index in [-0.39, 0.29) is 17.0 Å². The lowest BCUT2D eigenvalue weighted by Gasteiger charge is -2.17. The Morgan fingerprint density at radius 1 is 0.969 bits per heavy atom. The van der Waals surface area contributed by atoms with E-state index in [0.29, 0.717) is 5.76 Å². The molecule has 0 saturated heterocycles. The predicted molar refractivity (Wildman–Crippen MR) is 124 cm³/mol. The van der Waals surface area contributed by atoms with Crippen LogP contribution in [0.1, 0.15) is 27.7 Å². The Kier molecular flexibility index (Phi) is 6.20. The summed E-state index contributed by atoms with van der Waals surface area (Å²) in [6.07, 6.45) is 1.45. The van der Waals surface area contributed by atoms with Gasteiger partial charge in [0.2, 0.25) is 10.0 Å². The van der Waals surface area contributed by atoms with Gasteiger partial charge in [0.1, 0.15) is 17.4 Å². The molecule has 0 radical (unpaired) electrons. The number of nitrogens with one attached hydrogen (secondary N) is 2. The van der Waals surface area contributed by atoms with Crippen molar-refractivity contribution in [3.05, 3.63) is 114 Å². The summed E-state index contributed by atoms with van der Waals surface area (Å²) in [4.78, 5) is 13.1. The van der Waals surface area contributed by atoms with Crippen molar-refractivity contribution in [2.75, 3.05) is 6.54 Å². The molecule has 0 saturated carbocycles. The Morgan fingerprint density at radius 2 is 1.72 bits per heavy atom. The highest BCUT2D eigenvalue weighted by atomic mass is 32.2. The van der Waals surface area contributed by atoms with E-state index in [1.807, 2.05) is 60.7 Å². The Hall–Kier alpha value is -3.68. The molecule has 4 rings (SSSR count). The smallest absolute Gasteiger partial charge is 0.252 e. The topological polar surface area (TPSA) is 88.4 Å². The van der Waals surface area contributed by atoms with Gasteiger partial charge in [0.25, 0.3) is 5.91 Å². The van der Waals surface area contributed by atoms with Crippen molar-refractivity contribution in [1.82, 2.24) is 10.0 Å². The number of carbonyl (C=O) groups excluding carboxylic acids is 1. The van der Waals surface area contributed by atoms with Crippen LogP contribution in [-0.4, -0.2) is 20.9 Å². The number of sulfonamides is 1. The molecule has 2 N–H and O–H groups in total. The van der Waals surface area contributed by atoms with Gasteiger partial charge in [-0.25, -0.2) is 13.1 Å². The van der Waals surface area contributed by atoms with E-state index in [4.69, 9.17) is 4.42 Å². The van der Waals surface area contributed by atoms with Crippen LogP contribution in [0.4, 0.5) is 0 Å². The first-order valence-electron chi connectivity index (χ1n) is 10.0. The molecule has 4 aromatic rings. The lowest BCUT2D eigenvalue weighted by atomic mass is 10.0. The van der Waals surface area contributed by atoms with Crippen molar-refractivity contribution < 1.29 is 17.6 Å². The molecule has 7 heteroatoms. The van der Waals surface area contributed by atoms with Crippen molar-refractivity contribution in [2.24, 2.45) is 0 Å². The van der Waals surface area contributed by atoms with Crippen LogP contribution in [-0.2, 0) is 10.0 Å². The quantitative estimate of drug-likeness (QED) is 0.392. The number of para-hydroxylation sites is 1. The van der Waals surface area contributed by atoms with Crippen LogP contribution >= 0.6 is 0 Å². The highest BCUT2D eigenvalue weighted by Crippen LogP contribution is 2.28. The maximum atomic E-state index is 13.1. The molecule has 0 spiro atoms. The Bertz CT molecular complexity index is 1330. The van der Waals surface area contributed by atoms with Crippen LogP contribution < -0.4 is 10.0 Å². The molecule has 0 aliphatic carbocycles. The van der Waals surface area contributed by atoms with Gasteiger partial charge in [0.05, 0.1) is 4.90 Å². The molecule has 0 aliphatic rings. The lowest BCUT2D eigenvalue weighted by Crippen LogP contribution is -2.29. The van der Waals surface area contributed by atoms with E-state index in [9.17, 15) is 13.2 Å². The average molecular weight is 447 g/mol. The monoisotopic (exact) mass is 446 g/mol. The number of carbonyl (C=O) groups is 1. The minimum atomic E-state index is -3.75. The Morgan fingerprint density at radius 3 is 2.47 bits per heavy atom. The minimum Gasteiger partial charge on any atom is -0.459 e. The second kappa shape index (κ2) is 9.21. The largest absolute Gasteiger partial charge is 0.459 e. The zero-order valence-corrected chi connectivity index (χ0v) is 18.0. The van der Waals surface area contributed by atoms with E-state index in [1.54, 1.807) is 6.07 Å². The van der Waals surface area contributed by atoms with E-state index in [0.717, 1.165) is 16.5 Å². The molecule has 0 bridgehead atoms. The molecular formula is C25H22N2O4S. The minimum absolute atomic E-state index is 0.00648. The normalized spacial score (nSPS) is 12.4. The van der Waals surface area contributed by atoms with Crippen LogP contribution in [0.2, 0.25) is 0 Å². The van der Waals surface area contributed by atoms with Gasteiger partial charge in [0, 0.05) is 17.5 Å². The summed E-state index contributed by atoms with van der Waals surface area (Å²) in [5, 5.41) is 3.91. The van der Waals surface area contributed by atoms with Gasteiger partial charge in [0.15, 0.2) is 0 Å². The average Bonchev–Trinajstić information content (AvgIpc) is 3.25. The molecule has 1 aromatic heterocycles. The third kappa shape index (κ3) is 4.64. The van der Waals surface area contributed by atoms with Crippen LogP contribution in [0.25, 0.3) is 11.0 Å². The van der Waals surface area contributed by atoms with E-state index in [1.165, 1.54) is 24.3 Å². The molecule has 0 fully saturated rings. The van der Waals surface area contributed by atoms with Gasteiger partial charge in [-0.2, -0.15) is 0 Å². The van der Waals surface area contributed by atoms with Crippen molar-refractivity contribution in [2.45, 2.75) is 10.9 Å². The fourth-order valence-electron chi connectivity index (χ4n) is 3.38. The molecule has 162 valence electrons. The van der Waals surface area contributed by atoms with E-state index in [2.05, 4.69) is 16.6 Å². The predicted octanol–water partition coefficient (Wildman–Crippen LogP) is 4.42. The van der Waals surface area contributed by atoms with Gasteiger partial charge < -0.3 is 9.73 Å². The second-order valence-electron chi connectivity index (χ2n) is 7.17. The van der Waals surface area contributed by atoms with E-state index < -0.39 is 22.0 Å². The van der Waals surface area contributed by atoms with Gasteiger partial charge in [-0.3, -0.25) is 4.79 Å². The maximum absolute atomic E-state index is 13.1. The molecule has 3 aromatic carbocycles. The van der Waals surface area contributed by atoms with Crippen molar-refractivity contribution in [1.29, 1.82) is 0 Å². The number of benzene rings is 3. The number of fused-ring (bicyclic) bond motifs is 1. The first-order chi connectivity index (χ1) is 15.5. The maximum Gasteiger partial charge on any atom is 0.252 e. The summed E-state index contributed by atoms with van der Waals surface area (Å²) in [7, 11) is -3.75. The Labute approximate surface area is 186 Å². The number of rotatable bonds is 8. The van der Waals surface area contributed by atoms with Crippen LogP contribution in [0, 0.1) is 0 Å². The fourth-order valence-corrected chi connectivity index (χ4v) is 4.42. The highest BCUT2D eigenvalue weighted by Gasteiger charge is 2.22. The summed E-state index contributed by atoms with van der Waals surface area (Å²) in [5.74, 6) is 0.169. The number of amides is 1. The summed E-state index contributed by atoms with van der Waals surface area (Å²) < 4.78 is 33.3. The SMILES string of the molecule is C=CCNS(=O)(=O)c1cccc(C(=O)NC(c2ccccc2)c2cc3ccccc3o2)c1. The third-order valence-electron chi connectivity index (χ3n) is 4.96. The van der Waals surface area contributed by atoms with Crippen molar-refractivity contribution in [3.8, 4) is 0 Å². The number of hydrogen-bond acceptors (Lipinski definition) is 4. The molecule has 1 heterocycles. The molecule has 6 nitrogen and oxygen atoms in total. The zero-order valence-electron chi connectivity index (χ0n) is 17.2. The van der Waals surface area contributed by atoms with Gasteiger partial charge in [-0.1, -0.05) is 60.7 Å². The molecule has 32 heavy (non-hydrogen) atoms. The summed E-state index contributed by atoms with van der Waals surface area (Å²) in [5.41, 5.74) is 1.79. The molecule has 1 amide bonds. The van der Waals surface area contributed by atoms with Crippen LogP contribution in [0.15, 0.2) is 107 Å². The van der Waals surface area contributed by atoms with Crippen molar-refractivity contribution >= 4 is 26.9 Å². The van der Waals surface area contributed by atoms with Gasteiger partial charge >= 0.3 is 0 Å². The molecule has 1 atom stereocenters.